The van der Waals surface area contributed by atoms with Gasteiger partial charge in [0.2, 0.25) is 0 Å². The summed E-state index contributed by atoms with van der Waals surface area (Å²) in [5, 5.41) is 16.8. The van der Waals surface area contributed by atoms with Crippen LogP contribution in [0.2, 0.25) is 0 Å². The van der Waals surface area contributed by atoms with Gasteiger partial charge in [0.1, 0.15) is 30.3 Å². The second-order valence-electron chi connectivity index (χ2n) is 9.54. The first-order valence-electron chi connectivity index (χ1n) is 12.4. The molecule has 3 fully saturated rings. The van der Waals surface area contributed by atoms with Gasteiger partial charge in [-0.15, -0.1) is 0 Å². The smallest absolute Gasteiger partial charge is 0.338 e. The predicted molar refractivity (Wildman–Crippen MR) is 146 cm³/mol. The van der Waals surface area contributed by atoms with Crippen LogP contribution >= 0.6 is 0 Å². The second kappa shape index (κ2) is 16.2. The van der Waals surface area contributed by atoms with Crippen LogP contribution in [0.15, 0.2) is 60.7 Å². The molecule has 1 aromatic carbocycles. The zero-order chi connectivity index (χ0) is 30.6. The Labute approximate surface area is 234 Å². The first-order chi connectivity index (χ1) is 18.6. The average Bonchev–Trinajstić information content (AvgIpc) is 3.50. The fourth-order valence-corrected chi connectivity index (χ4v) is 3.20. The van der Waals surface area contributed by atoms with Crippen LogP contribution < -0.4 is 4.74 Å². The highest BCUT2D eigenvalue weighted by molar-refractivity contribution is 5.88. The molecule has 3 aliphatic heterocycles. The zero-order valence-corrected chi connectivity index (χ0v) is 23.5. The standard InChI is InChI=1S/C10H10O3.C8H15NO2.C7H7O3.C4H6O2/c1-7(2)10(12)13-9-5-3-8(11)4-6-9;1-7(2)8(10)11-6-5-9(3)4;8-7-4-1-3-2-5(10-7)6(4)9-3;1-3(2)4(5)6/h3-6,11H,1H2,2H3;1,5-6H2,2-4H3;2-6H,1H2;1H2,2H3,(H,5,6). The number of aromatic hydroxyl groups is 1. The lowest BCUT2D eigenvalue weighted by Gasteiger charge is -2.09. The minimum absolute atomic E-state index is 0.0174. The number of esters is 3. The van der Waals surface area contributed by atoms with E-state index in [2.05, 4.69) is 19.7 Å². The molecule has 3 aliphatic rings. The number of carbonyl (C=O) groups is 4. The van der Waals surface area contributed by atoms with Crippen LogP contribution in [0.5, 0.6) is 11.5 Å². The van der Waals surface area contributed by atoms with Crippen molar-refractivity contribution in [2.75, 3.05) is 27.2 Å². The number of hydrogen-bond donors (Lipinski definition) is 2. The molecule has 0 aliphatic carbocycles. The molecule has 0 amide bonds. The molecule has 0 saturated carbocycles. The van der Waals surface area contributed by atoms with E-state index in [-0.39, 0.29) is 47.5 Å². The van der Waals surface area contributed by atoms with E-state index in [1.54, 1.807) is 13.8 Å². The van der Waals surface area contributed by atoms with E-state index in [0.29, 0.717) is 23.5 Å². The molecule has 40 heavy (non-hydrogen) atoms. The van der Waals surface area contributed by atoms with Gasteiger partial charge in [-0.3, -0.25) is 4.79 Å². The first-order valence-corrected chi connectivity index (χ1v) is 12.4. The van der Waals surface area contributed by atoms with Crippen molar-refractivity contribution in [1.29, 1.82) is 0 Å². The van der Waals surface area contributed by atoms with Crippen molar-refractivity contribution in [2.24, 2.45) is 5.92 Å². The van der Waals surface area contributed by atoms with Gasteiger partial charge in [0, 0.05) is 29.7 Å². The molecule has 4 atom stereocenters. The summed E-state index contributed by atoms with van der Waals surface area (Å²) in [6, 6.07) is 5.91. The summed E-state index contributed by atoms with van der Waals surface area (Å²) in [4.78, 5) is 44.3. The summed E-state index contributed by atoms with van der Waals surface area (Å²) < 4.78 is 20.2. The lowest BCUT2D eigenvalue weighted by atomic mass is 9.90. The van der Waals surface area contributed by atoms with Crippen molar-refractivity contribution in [3.05, 3.63) is 67.1 Å². The van der Waals surface area contributed by atoms with Crippen LogP contribution in [-0.2, 0) is 33.4 Å². The minimum atomic E-state index is -0.935. The van der Waals surface area contributed by atoms with Crippen molar-refractivity contribution in [3.63, 3.8) is 0 Å². The SMILES string of the molecule is C=C(C)C(=O)O.C=C(C)C(=O)OCCN(C)C.C=C(C)C(=O)Oc1ccc(O)cc1.O=C1OC2[CH]C3CC1C2O3. The van der Waals surface area contributed by atoms with E-state index in [4.69, 9.17) is 29.2 Å². The van der Waals surface area contributed by atoms with Gasteiger partial charge in [0.15, 0.2) is 0 Å². The Morgan fingerprint density at radius 3 is 1.95 bits per heavy atom. The Morgan fingerprint density at radius 2 is 1.55 bits per heavy atom. The molecule has 3 saturated heterocycles. The molecule has 11 heteroatoms. The van der Waals surface area contributed by atoms with E-state index >= 15 is 0 Å². The van der Waals surface area contributed by atoms with Gasteiger partial charge in [-0.05, 0) is 65.6 Å². The summed E-state index contributed by atoms with van der Waals surface area (Å²) >= 11 is 0. The molecule has 4 unspecified atom stereocenters. The maximum absolute atomic E-state index is 11.0. The van der Waals surface area contributed by atoms with Crippen LogP contribution in [0.1, 0.15) is 27.2 Å². The summed E-state index contributed by atoms with van der Waals surface area (Å²) in [6.45, 7) is 15.9. The lowest BCUT2D eigenvalue weighted by Crippen LogP contribution is -2.22. The van der Waals surface area contributed by atoms with Crippen molar-refractivity contribution in [3.8, 4) is 11.5 Å². The number of rotatable bonds is 7. The third kappa shape index (κ3) is 11.8. The molecule has 1 aromatic rings. The number of carboxylic acid groups (broad SMARTS) is 1. The van der Waals surface area contributed by atoms with Crippen LogP contribution in [0.3, 0.4) is 0 Å². The molecule has 219 valence electrons. The molecule has 4 rings (SSSR count). The predicted octanol–water partition coefficient (Wildman–Crippen LogP) is 3.09. The number of likely N-dealkylation sites (N-methyl/N-ethyl adjacent to an activating group) is 1. The van der Waals surface area contributed by atoms with E-state index in [1.165, 1.54) is 31.2 Å². The quantitative estimate of drug-likeness (QED) is 0.288. The Hall–Kier alpha value is -3.96. The van der Waals surface area contributed by atoms with Crippen LogP contribution in [-0.4, -0.2) is 84.5 Å². The van der Waals surface area contributed by atoms with E-state index in [1.807, 2.05) is 25.4 Å². The Kier molecular flexibility index (Phi) is 13.8. The lowest BCUT2D eigenvalue weighted by molar-refractivity contribution is -0.143. The largest absolute Gasteiger partial charge is 0.508 e. The summed E-state index contributed by atoms with van der Waals surface area (Å²) in [5.41, 5.74) is 0.965. The number of fused-ring (bicyclic) bond motifs is 1. The number of nitrogens with zero attached hydrogens (tertiary/aromatic N) is 1. The first kappa shape index (κ1) is 34.1. The van der Waals surface area contributed by atoms with Crippen LogP contribution in [0, 0.1) is 12.3 Å². The fraction of sp³-hybridized carbons (Fsp3) is 0.414. The molecular weight excluding hydrogens is 522 g/mol. The van der Waals surface area contributed by atoms with Gasteiger partial charge in [-0.1, -0.05) is 19.7 Å². The van der Waals surface area contributed by atoms with Gasteiger partial charge >= 0.3 is 23.9 Å². The summed E-state index contributed by atoms with van der Waals surface area (Å²) in [7, 11) is 3.85. The number of carbonyl (C=O) groups excluding carboxylic acids is 3. The Bertz CT molecular complexity index is 1080. The number of phenols is 1. The fourth-order valence-electron chi connectivity index (χ4n) is 3.20. The molecule has 2 bridgehead atoms. The molecule has 1 radical (unpaired) electrons. The Morgan fingerprint density at radius 1 is 1.00 bits per heavy atom. The Balaban J connectivity index is 0.000000275. The topological polar surface area (TPSA) is 149 Å². The van der Waals surface area contributed by atoms with Crippen LogP contribution in [0.25, 0.3) is 0 Å². The number of hydrogen-bond acceptors (Lipinski definition) is 10. The number of aliphatic carboxylic acids is 1. The maximum Gasteiger partial charge on any atom is 0.338 e. The van der Waals surface area contributed by atoms with Gasteiger partial charge in [-0.25, -0.2) is 14.4 Å². The highest BCUT2D eigenvalue weighted by Gasteiger charge is 2.58. The third-order valence-corrected chi connectivity index (χ3v) is 5.38. The highest BCUT2D eigenvalue weighted by atomic mass is 16.6. The van der Waals surface area contributed by atoms with Crippen molar-refractivity contribution >= 4 is 23.9 Å². The average molecular weight is 561 g/mol. The van der Waals surface area contributed by atoms with Crippen molar-refractivity contribution in [1.82, 2.24) is 4.90 Å². The summed E-state index contributed by atoms with van der Waals surface area (Å²) in [6.07, 6.45) is 3.09. The van der Waals surface area contributed by atoms with Gasteiger partial charge in [0.05, 0.1) is 12.0 Å². The minimum Gasteiger partial charge on any atom is -0.508 e. The van der Waals surface area contributed by atoms with Crippen LogP contribution in [0.4, 0.5) is 0 Å². The number of benzene rings is 1. The molecular formula is C29H38NO10. The normalized spacial score (nSPS) is 20.8. The van der Waals surface area contributed by atoms with E-state index in [9.17, 15) is 19.2 Å². The van der Waals surface area contributed by atoms with Gasteiger partial charge in [0.25, 0.3) is 0 Å². The molecule has 2 N–H and O–H groups in total. The second-order valence-corrected chi connectivity index (χ2v) is 9.54. The van der Waals surface area contributed by atoms with E-state index in [0.717, 1.165) is 13.0 Å². The zero-order valence-electron chi connectivity index (χ0n) is 23.5. The maximum atomic E-state index is 11.0. The highest BCUT2D eigenvalue weighted by Crippen LogP contribution is 2.45. The third-order valence-electron chi connectivity index (χ3n) is 5.38. The molecule has 0 aromatic heterocycles. The monoisotopic (exact) mass is 560 g/mol. The number of ether oxygens (including phenoxy) is 4. The van der Waals surface area contributed by atoms with Crippen molar-refractivity contribution in [2.45, 2.75) is 45.5 Å². The van der Waals surface area contributed by atoms with Gasteiger partial charge < -0.3 is 34.1 Å². The van der Waals surface area contributed by atoms with Crippen molar-refractivity contribution < 1.29 is 48.3 Å². The molecule has 11 nitrogen and oxygen atoms in total. The van der Waals surface area contributed by atoms with Gasteiger partial charge in [-0.2, -0.15) is 0 Å². The van der Waals surface area contributed by atoms with E-state index < -0.39 is 11.9 Å². The summed E-state index contributed by atoms with van der Waals surface area (Å²) in [5.74, 6) is -1.19. The number of phenolic OH excluding ortho intramolecular Hbond substituents is 1. The molecule has 3 heterocycles. The number of carboxylic acids is 1. The molecule has 0 spiro atoms.